The van der Waals surface area contributed by atoms with Crippen molar-refractivity contribution in [3.8, 4) is 0 Å². The maximum Gasteiger partial charge on any atom is 0.410 e. The van der Waals surface area contributed by atoms with Crippen LogP contribution in [0.25, 0.3) is 0 Å². The average Bonchev–Trinajstić information content (AvgIpc) is 2.81. The molecule has 2 aromatic rings. The Morgan fingerprint density at radius 3 is 2.30 bits per heavy atom. The zero-order valence-electron chi connectivity index (χ0n) is 19.8. The fourth-order valence-electron chi connectivity index (χ4n) is 4.38. The van der Waals surface area contributed by atoms with Crippen LogP contribution in [-0.2, 0) is 32.1 Å². The summed E-state index contributed by atoms with van der Waals surface area (Å²) >= 11 is 0. The van der Waals surface area contributed by atoms with Crippen molar-refractivity contribution in [2.75, 3.05) is 26.7 Å². The van der Waals surface area contributed by atoms with Gasteiger partial charge in [-0.15, -0.1) is 0 Å². The lowest BCUT2D eigenvalue weighted by Crippen LogP contribution is -2.59. The molecular weight excluding hydrogens is 420 g/mol. The van der Waals surface area contributed by atoms with E-state index in [1.54, 1.807) is 0 Å². The smallest absolute Gasteiger partial charge is 0.410 e. The van der Waals surface area contributed by atoms with Crippen LogP contribution in [0.5, 0.6) is 0 Å². The maximum atomic E-state index is 13.1. The van der Waals surface area contributed by atoms with Crippen LogP contribution in [0.2, 0.25) is 0 Å². The number of carbonyl (C=O) groups excluding carboxylic acids is 3. The van der Waals surface area contributed by atoms with Gasteiger partial charge in [-0.3, -0.25) is 4.79 Å². The number of rotatable bonds is 6. The maximum absolute atomic E-state index is 13.1. The van der Waals surface area contributed by atoms with Gasteiger partial charge < -0.3 is 19.3 Å². The Labute approximate surface area is 195 Å². The van der Waals surface area contributed by atoms with E-state index in [-0.39, 0.29) is 32.0 Å². The molecule has 7 nitrogen and oxygen atoms in total. The minimum absolute atomic E-state index is 0.0502. The van der Waals surface area contributed by atoms with Crippen LogP contribution >= 0.6 is 0 Å². The van der Waals surface area contributed by atoms with Crippen molar-refractivity contribution in [2.24, 2.45) is 0 Å². The summed E-state index contributed by atoms with van der Waals surface area (Å²) in [7, 11) is 1.29. The highest BCUT2D eigenvalue weighted by Crippen LogP contribution is 2.20. The van der Waals surface area contributed by atoms with Crippen LogP contribution in [0.15, 0.2) is 42.5 Å². The van der Waals surface area contributed by atoms with Gasteiger partial charge in [0.15, 0.2) is 0 Å². The summed E-state index contributed by atoms with van der Waals surface area (Å²) in [6.07, 6.45) is 0.381. The summed E-state index contributed by atoms with van der Waals surface area (Å²) in [6, 6.07) is 12.8. The summed E-state index contributed by atoms with van der Waals surface area (Å²) in [5.74, 6) is -0.659. The summed E-state index contributed by atoms with van der Waals surface area (Å²) in [5, 5.41) is 0. The first-order valence-electron chi connectivity index (χ1n) is 11.2. The fourth-order valence-corrected chi connectivity index (χ4v) is 4.38. The third kappa shape index (κ3) is 6.12. The second-order valence-corrected chi connectivity index (χ2v) is 8.49. The largest absolute Gasteiger partial charge is 0.467 e. The van der Waals surface area contributed by atoms with E-state index in [1.807, 2.05) is 30.3 Å². The quantitative estimate of drug-likeness (QED) is 0.627. The van der Waals surface area contributed by atoms with Gasteiger partial charge in [0.2, 0.25) is 5.91 Å². The van der Waals surface area contributed by atoms with Gasteiger partial charge in [0.1, 0.15) is 12.6 Å². The third-order valence-electron chi connectivity index (χ3n) is 6.07. The van der Waals surface area contributed by atoms with Gasteiger partial charge in [0.25, 0.3) is 0 Å². The van der Waals surface area contributed by atoms with Gasteiger partial charge in [-0.2, -0.15) is 0 Å². The number of piperazine rings is 1. The Kier molecular flexibility index (Phi) is 8.09. The van der Waals surface area contributed by atoms with Gasteiger partial charge in [-0.05, 0) is 49.4 Å². The Bertz CT molecular complexity index is 982. The number of ether oxygens (including phenoxy) is 2. The van der Waals surface area contributed by atoms with Crippen LogP contribution < -0.4 is 0 Å². The van der Waals surface area contributed by atoms with Crippen LogP contribution in [0.3, 0.4) is 0 Å². The number of esters is 1. The molecular formula is C26H32N2O5. The number of aryl methyl sites for hydroxylation is 3. The molecule has 1 atom stereocenters. The molecule has 0 spiro atoms. The van der Waals surface area contributed by atoms with Gasteiger partial charge >= 0.3 is 12.1 Å². The van der Waals surface area contributed by atoms with Crippen LogP contribution in [0, 0.1) is 20.8 Å². The van der Waals surface area contributed by atoms with E-state index in [0.29, 0.717) is 13.0 Å². The second-order valence-electron chi connectivity index (χ2n) is 8.49. The van der Waals surface area contributed by atoms with Crippen LogP contribution in [0.1, 0.15) is 34.2 Å². The predicted molar refractivity (Wildman–Crippen MR) is 125 cm³/mol. The number of carbonyl (C=O) groups is 3. The van der Waals surface area contributed by atoms with E-state index in [1.165, 1.54) is 22.5 Å². The fraction of sp³-hybridized carbons (Fsp3) is 0.423. The van der Waals surface area contributed by atoms with Gasteiger partial charge in [-0.1, -0.05) is 48.0 Å². The molecule has 0 aromatic heterocycles. The van der Waals surface area contributed by atoms with Crippen LogP contribution in [0.4, 0.5) is 4.79 Å². The van der Waals surface area contributed by atoms with Crippen molar-refractivity contribution in [1.29, 1.82) is 0 Å². The van der Waals surface area contributed by atoms with Gasteiger partial charge in [0, 0.05) is 19.5 Å². The van der Waals surface area contributed by atoms with Crippen molar-refractivity contribution < 1.29 is 23.9 Å². The second kappa shape index (κ2) is 11.0. The number of hydrogen-bond acceptors (Lipinski definition) is 5. The molecule has 176 valence electrons. The lowest BCUT2D eigenvalue weighted by Gasteiger charge is -2.39. The third-order valence-corrected chi connectivity index (χ3v) is 6.07. The number of benzene rings is 2. The highest BCUT2D eigenvalue weighted by Gasteiger charge is 2.38. The van der Waals surface area contributed by atoms with E-state index in [4.69, 9.17) is 9.47 Å². The molecule has 0 saturated carbocycles. The zero-order chi connectivity index (χ0) is 24.0. The summed E-state index contributed by atoms with van der Waals surface area (Å²) in [6.45, 7) is 6.92. The molecule has 0 aliphatic carbocycles. The number of amides is 2. The molecule has 0 radical (unpaired) electrons. The molecule has 0 N–H and O–H groups in total. The summed E-state index contributed by atoms with van der Waals surface area (Å²) in [4.78, 5) is 41.1. The normalized spacial score (nSPS) is 15.8. The first-order chi connectivity index (χ1) is 15.8. The molecule has 1 saturated heterocycles. The lowest BCUT2D eigenvalue weighted by molar-refractivity contribution is -0.155. The standard InChI is InChI=1S/C26H32N2O5/c1-18-14-19(2)22(20(3)15-18)10-11-24(29)28-13-12-27(16-23(28)25(30)32-4)26(31)33-17-21-8-6-5-7-9-21/h5-9,14-15,23H,10-13,16-17H2,1-4H3. The van der Waals surface area contributed by atoms with Crippen LogP contribution in [-0.4, -0.2) is 60.6 Å². The number of methoxy groups -OCH3 is 1. The Morgan fingerprint density at radius 2 is 1.67 bits per heavy atom. The average molecular weight is 453 g/mol. The first kappa shape index (κ1) is 24.3. The minimum Gasteiger partial charge on any atom is -0.467 e. The molecule has 2 amide bonds. The number of hydrogen-bond donors (Lipinski definition) is 0. The minimum atomic E-state index is -0.847. The van der Waals surface area contributed by atoms with E-state index < -0.39 is 18.1 Å². The first-order valence-corrected chi connectivity index (χ1v) is 11.2. The van der Waals surface area contributed by atoms with Crippen molar-refractivity contribution in [1.82, 2.24) is 9.80 Å². The van der Waals surface area contributed by atoms with E-state index in [0.717, 1.165) is 22.3 Å². The Hall–Kier alpha value is -3.35. The molecule has 7 heteroatoms. The van der Waals surface area contributed by atoms with Crippen molar-refractivity contribution in [3.63, 3.8) is 0 Å². The molecule has 1 fully saturated rings. The van der Waals surface area contributed by atoms with Gasteiger partial charge in [-0.25, -0.2) is 9.59 Å². The molecule has 33 heavy (non-hydrogen) atoms. The molecule has 0 bridgehead atoms. The highest BCUT2D eigenvalue weighted by atomic mass is 16.6. The Morgan fingerprint density at radius 1 is 1.00 bits per heavy atom. The van der Waals surface area contributed by atoms with Crippen molar-refractivity contribution >= 4 is 18.0 Å². The highest BCUT2D eigenvalue weighted by molar-refractivity contribution is 5.86. The summed E-state index contributed by atoms with van der Waals surface area (Å²) in [5.41, 5.74) is 5.56. The molecule has 1 aliphatic rings. The summed E-state index contributed by atoms with van der Waals surface area (Å²) < 4.78 is 10.3. The molecule has 1 aliphatic heterocycles. The number of nitrogens with zero attached hydrogens (tertiary/aromatic N) is 2. The molecule has 2 aromatic carbocycles. The zero-order valence-corrected chi connectivity index (χ0v) is 19.8. The monoisotopic (exact) mass is 452 g/mol. The molecule has 1 unspecified atom stereocenters. The predicted octanol–water partition coefficient (Wildman–Crippen LogP) is 3.57. The topological polar surface area (TPSA) is 76.2 Å². The van der Waals surface area contributed by atoms with E-state index in [2.05, 4.69) is 32.9 Å². The van der Waals surface area contributed by atoms with Crippen molar-refractivity contribution in [2.45, 2.75) is 46.3 Å². The molecule has 1 heterocycles. The SMILES string of the molecule is COC(=O)C1CN(C(=O)OCc2ccccc2)CCN1C(=O)CCc1c(C)cc(C)cc1C. The Balaban J connectivity index is 1.62. The van der Waals surface area contributed by atoms with E-state index >= 15 is 0 Å². The van der Waals surface area contributed by atoms with E-state index in [9.17, 15) is 14.4 Å². The molecule has 3 rings (SSSR count). The van der Waals surface area contributed by atoms with Crippen molar-refractivity contribution in [3.05, 3.63) is 70.3 Å². The van der Waals surface area contributed by atoms with Gasteiger partial charge in [0.05, 0.1) is 13.7 Å². The lowest BCUT2D eigenvalue weighted by atomic mass is 9.96.